The van der Waals surface area contributed by atoms with E-state index in [1.54, 1.807) is 0 Å². The SMILES string of the molecule is O=S(=O)(O)C(F)(F)C(Cl)(Cl)C(F)(F)C(F)(F)C(F)(F)F. The second-order valence-electron chi connectivity index (χ2n) is 3.21. The maximum Gasteiger partial charge on any atom is 0.459 e. The molecule has 0 aromatic heterocycles. The van der Waals surface area contributed by atoms with E-state index in [2.05, 4.69) is 23.2 Å². The van der Waals surface area contributed by atoms with Crippen molar-refractivity contribution in [3.8, 4) is 0 Å². The lowest BCUT2D eigenvalue weighted by Gasteiger charge is -2.38. The highest BCUT2D eigenvalue weighted by molar-refractivity contribution is 7.87. The summed E-state index contributed by atoms with van der Waals surface area (Å²) in [6.07, 6.45) is -7.08. The molecule has 0 aliphatic heterocycles. The van der Waals surface area contributed by atoms with Crippen molar-refractivity contribution in [1.82, 2.24) is 0 Å². The van der Waals surface area contributed by atoms with Gasteiger partial charge in [-0.05, 0) is 0 Å². The fraction of sp³-hybridized carbons (Fsp3) is 1.00. The van der Waals surface area contributed by atoms with Gasteiger partial charge in [-0.25, -0.2) is 0 Å². The van der Waals surface area contributed by atoms with Crippen LogP contribution < -0.4 is 0 Å². The van der Waals surface area contributed by atoms with Crippen LogP contribution in [0.25, 0.3) is 0 Å². The molecule has 0 heterocycles. The molecule has 0 saturated heterocycles. The highest BCUT2D eigenvalue weighted by Gasteiger charge is 2.86. The fourth-order valence-corrected chi connectivity index (χ4v) is 1.99. The first-order valence-corrected chi connectivity index (χ1v) is 5.99. The van der Waals surface area contributed by atoms with Crippen molar-refractivity contribution >= 4 is 33.3 Å². The zero-order valence-corrected chi connectivity index (χ0v) is 10.7. The predicted octanol–water partition coefficient (Wildman–Crippen LogP) is 3.47. The van der Waals surface area contributed by atoms with Gasteiger partial charge in [-0.3, -0.25) is 4.55 Å². The molecule has 1 N–H and O–H groups in total. The standard InChI is InChI=1S/C5HCl2F9O3S/c6-1(7,5(15,16)20(17,18)19)2(8,9)3(10,11)4(12,13)14/h(H,17,18,19). The van der Waals surface area contributed by atoms with Crippen molar-refractivity contribution in [2.24, 2.45) is 0 Å². The van der Waals surface area contributed by atoms with Gasteiger partial charge in [-0.2, -0.15) is 47.9 Å². The summed E-state index contributed by atoms with van der Waals surface area (Å²) < 4.78 is 134. The Balaban J connectivity index is 6.22. The summed E-state index contributed by atoms with van der Waals surface area (Å²) in [5, 5.41) is -6.43. The monoisotopic (exact) mass is 382 g/mol. The maximum atomic E-state index is 12.9. The summed E-state index contributed by atoms with van der Waals surface area (Å²) in [7, 11) is -6.93. The lowest BCUT2D eigenvalue weighted by molar-refractivity contribution is -0.362. The van der Waals surface area contributed by atoms with Crippen LogP contribution in [0.1, 0.15) is 0 Å². The van der Waals surface area contributed by atoms with Crippen LogP contribution in [-0.2, 0) is 10.1 Å². The Kier molecular flexibility index (Phi) is 4.65. The number of halogens is 11. The third-order valence-electron chi connectivity index (χ3n) is 1.83. The van der Waals surface area contributed by atoms with Gasteiger partial charge in [0.2, 0.25) is 0 Å². The third-order valence-corrected chi connectivity index (χ3v) is 3.96. The van der Waals surface area contributed by atoms with Crippen molar-refractivity contribution in [3.63, 3.8) is 0 Å². The topological polar surface area (TPSA) is 54.4 Å². The lowest BCUT2D eigenvalue weighted by atomic mass is 10.1. The molecular formula is C5HCl2F9O3S. The second-order valence-corrected chi connectivity index (χ2v) is 6.00. The molecule has 0 spiro atoms. The van der Waals surface area contributed by atoms with Crippen LogP contribution in [0.5, 0.6) is 0 Å². The molecule has 0 aliphatic rings. The van der Waals surface area contributed by atoms with Crippen molar-refractivity contribution < 1.29 is 52.5 Å². The van der Waals surface area contributed by atoms with Crippen LogP contribution >= 0.6 is 23.2 Å². The fourth-order valence-electron chi connectivity index (χ4n) is 0.720. The van der Waals surface area contributed by atoms with E-state index >= 15 is 0 Å². The molecule has 0 aromatic carbocycles. The lowest BCUT2D eigenvalue weighted by Crippen LogP contribution is -2.66. The molecule has 3 nitrogen and oxygen atoms in total. The first-order valence-electron chi connectivity index (χ1n) is 3.80. The van der Waals surface area contributed by atoms with Crippen molar-refractivity contribution in [2.75, 3.05) is 0 Å². The highest BCUT2D eigenvalue weighted by Crippen LogP contribution is 2.60. The molecule has 0 rings (SSSR count). The Morgan fingerprint density at radius 1 is 0.750 bits per heavy atom. The van der Waals surface area contributed by atoms with E-state index in [1.165, 1.54) is 0 Å². The first kappa shape index (κ1) is 19.9. The van der Waals surface area contributed by atoms with Crippen molar-refractivity contribution in [1.29, 1.82) is 0 Å². The van der Waals surface area contributed by atoms with Gasteiger partial charge >= 0.3 is 33.4 Å². The molecule has 0 atom stereocenters. The van der Waals surface area contributed by atoms with E-state index in [4.69, 9.17) is 4.55 Å². The number of hydrogen-bond donors (Lipinski definition) is 1. The van der Waals surface area contributed by atoms with E-state index in [0.717, 1.165) is 0 Å². The zero-order chi connectivity index (χ0) is 17.0. The Morgan fingerprint density at radius 3 is 1.25 bits per heavy atom. The van der Waals surface area contributed by atoms with Crippen LogP contribution in [0.2, 0.25) is 0 Å². The molecule has 0 aromatic rings. The van der Waals surface area contributed by atoms with Crippen molar-refractivity contribution in [2.45, 2.75) is 27.6 Å². The van der Waals surface area contributed by atoms with E-state index in [0.29, 0.717) is 0 Å². The predicted molar refractivity (Wildman–Crippen MR) is 46.9 cm³/mol. The van der Waals surface area contributed by atoms with Crippen LogP contribution in [0, 0.1) is 0 Å². The number of hydrogen-bond acceptors (Lipinski definition) is 2. The minimum absolute atomic E-state index is 4.04. The van der Waals surface area contributed by atoms with Gasteiger partial charge in [-0.15, -0.1) is 0 Å². The summed E-state index contributed by atoms with van der Waals surface area (Å²) in [4.78, 5) is 0. The molecular weight excluding hydrogens is 382 g/mol. The van der Waals surface area contributed by atoms with Gasteiger partial charge in [-0.1, -0.05) is 23.2 Å². The minimum atomic E-state index is -7.21. The van der Waals surface area contributed by atoms with Gasteiger partial charge < -0.3 is 0 Å². The second kappa shape index (κ2) is 4.68. The average Bonchev–Trinajstić information content (AvgIpc) is 2.12. The molecule has 0 amide bonds. The normalized spacial score (nSPS) is 16.4. The number of rotatable bonds is 4. The quantitative estimate of drug-likeness (QED) is 0.460. The third kappa shape index (κ3) is 2.52. The molecule has 0 fully saturated rings. The summed E-state index contributed by atoms with van der Waals surface area (Å²) in [6, 6.07) is 0. The van der Waals surface area contributed by atoms with Gasteiger partial charge in [0.1, 0.15) is 0 Å². The summed E-state index contributed by atoms with van der Waals surface area (Å²) in [6.45, 7) is 0. The molecule has 0 unspecified atom stereocenters. The summed E-state index contributed by atoms with van der Waals surface area (Å²) in [5.74, 6) is -14.2. The Labute approximate surface area is 114 Å². The van der Waals surface area contributed by atoms with E-state index < -0.39 is 37.7 Å². The average molecular weight is 383 g/mol. The molecule has 20 heavy (non-hydrogen) atoms. The Bertz CT molecular complexity index is 482. The summed E-state index contributed by atoms with van der Waals surface area (Å²) in [5.41, 5.74) is 0. The van der Waals surface area contributed by atoms with Crippen LogP contribution in [0.15, 0.2) is 0 Å². The largest absolute Gasteiger partial charge is 0.459 e. The Hall–Kier alpha value is -0.140. The number of alkyl halides is 11. The highest BCUT2D eigenvalue weighted by atomic mass is 35.5. The van der Waals surface area contributed by atoms with Gasteiger partial charge in [0, 0.05) is 0 Å². The minimum Gasteiger partial charge on any atom is -0.281 e. The summed E-state index contributed by atoms with van der Waals surface area (Å²) >= 11 is 8.08. The Morgan fingerprint density at radius 2 is 1.05 bits per heavy atom. The smallest absolute Gasteiger partial charge is 0.281 e. The molecule has 15 heteroatoms. The molecule has 0 saturated carbocycles. The van der Waals surface area contributed by atoms with Crippen LogP contribution in [0.3, 0.4) is 0 Å². The molecule has 0 bridgehead atoms. The van der Waals surface area contributed by atoms with Crippen LogP contribution in [-0.4, -0.2) is 40.6 Å². The molecule has 0 aliphatic carbocycles. The zero-order valence-electron chi connectivity index (χ0n) is 8.33. The molecule has 0 radical (unpaired) electrons. The molecule has 122 valence electrons. The van der Waals surface area contributed by atoms with Crippen molar-refractivity contribution in [3.05, 3.63) is 0 Å². The first-order chi connectivity index (χ1) is 8.25. The van der Waals surface area contributed by atoms with Gasteiger partial charge in [0.15, 0.2) is 0 Å². The van der Waals surface area contributed by atoms with E-state index in [-0.39, 0.29) is 0 Å². The van der Waals surface area contributed by atoms with E-state index in [1.807, 2.05) is 0 Å². The maximum absolute atomic E-state index is 12.9. The van der Waals surface area contributed by atoms with Gasteiger partial charge in [0.05, 0.1) is 0 Å². The van der Waals surface area contributed by atoms with Crippen LogP contribution in [0.4, 0.5) is 39.5 Å². The van der Waals surface area contributed by atoms with Gasteiger partial charge in [0.25, 0.3) is 4.33 Å². The van der Waals surface area contributed by atoms with E-state index in [9.17, 15) is 47.9 Å².